The number of rotatable bonds is 4. The van der Waals surface area contributed by atoms with E-state index in [0.29, 0.717) is 6.42 Å². The summed E-state index contributed by atoms with van der Waals surface area (Å²) in [6.07, 6.45) is -5.38. The van der Waals surface area contributed by atoms with Gasteiger partial charge in [0, 0.05) is 0 Å². The van der Waals surface area contributed by atoms with Gasteiger partial charge in [-0.15, -0.1) is 0 Å². The molecular formula is C11H17F5O2. The molecule has 7 heteroatoms. The van der Waals surface area contributed by atoms with Crippen LogP contribution in [0.2, 0.25) is 0 Å². The van der Waals surface area contributed by atoms with E-state index in [4.69, 9.17) is 0 Å². The Balaban J connectivity index is 4.36. The van der Waals surface area contributed by atoms with Crippen molar-refractivity contribution in [2.75, 3.05) is 6.61 Å². The molecule has 0 N–H and O–H groups in total. The minimum absolute atomic E-state index is 0.127. The summed E-state index contributed by atoms with van der Waals surface area (Å²) in [5.41, 5.74) is -0.127. The van der Waals surface area contributed by atoms with Gasteiger partial charge in [0.25, 0.3) is 0 Å². The second-order valence-corrected chi connectivity index (χ2v) is 5.54. The van der Waals surface area contributed by atoms with Crippen molar-refractivity contribution in [3.63, 3.8) is 0 Å². The molecule has 0 amide bonds. The molecule has 0 aliphatic rings. The summed E-state index contributed by atoms with van der Waals surface area (Å²) < 4.78 is 64.5. The predicted octanol–water partition coefficient (Wildman–Crippen LogP) is 3.80. The van der Waals surface area contributed by atoms with Crippen molar-refractivity contribution in [2.24, 2.45) is 11.3 Å². The highest BCUT2D eigenvalue weighted by molar-refractivity contribution is 5.78. The number of halogens is 5. The lowest BCUT2D eigenvalue weighted by atomic mass is 9.86. The van der Waals surface area contributed by atoms with E-state index in [2.05, 4.69) is 4.74 Å². The number of alkyl halides is 5. The molecule has 0 rings (SSSR count). The third-order valence-electron chi connectivity index (χ3n) is 2.07. The molecular weight excluding hydrogens is 259 g/mol. The smallest absolute Gasteiger partial charge is 0.461 e. The van der Waals surface area contributed by atoms with Crippen molar-refractivity contribution < 1.29 is 31.5 Å². The van der Waals surface area contributed by atoms with Crippen LogP contribution in [0.5, 0.6) is 0 Å². The van der Waals surface area contributed by atoms with Gasteiger partial charge in [0.15, 0.2) is 0 Å². The predicted molar refractivity (Wildman–Crippen MR) is 55.2 cm³/mol. The van der Waals surface area contributed by atoms with E-state index in [-0.39, 0.29) is 11.3 Å². The van der Waals surface area contributed by atoms with Gasteiger partial charge in [-0.1, -0.05) is 27.7 Å². The molecule has 0 saturated carbocycles. The molecule has 108 valence electrons. The van der Waals surface area contributed by atoms with Crippen LogP contribution in [0.15, 0.2) is 0 Å². The first kappa shape index (κ1) is 17.1. The van der Waals surface area contributed by atoms with Gasteiger partial charge in [0.05, 0.1) is 6.61 Å². The number of hydrogen-bond donors (Lipinski definition) is 0. The molecule has 1 atom stereocenters. The van der Waals surface area contributed by atoms with Gasteiger partial charge >= 0.3 is 18.1 Å². The Morgan fingerprint density at radius 1 is 1.11 bits per heavy atom. The molecule has 0 heterocycles. The third-order valence-corrected chi connectivity index (χ3v) is 2.07. The van der Waals surface area contributed by atoms with Crippen molar-refractivity contribution >= 4 is 5.97 Å². The largest absolute Gasteiger partial charge is 0.465 e. The maximum atomic E-state index is 12.5. The Kier molecular flexibility index (Phi) is 5.14. The van der Waals surface area contributed by atoms with Crippen LogP contribution in [0.1, 0.15) is 34.1 Å². The summed E-state index contributed by atoms with van der Waals surface area (Å²) in [6, 6.07) is 0. The summed E-state index contributed by atoms with van der Waals surface area (Å²) in [5, 5.41) is 0. The zero-order valence-electron chi connectivity index (χ0n) is 10.7. The lowest BCUT2D eigenvalue weighted by Crippen LogP contribution is -2.45. The van der Waals surface area contributed by atoms with Gasteiger partial charge < -0.3 is 4.74 Å². The van der Waals surface area contributed by atoms with Crippen LogP contribution in [-0.2, 0) is 9.53 Å². The normalized spacial score (nSPS) is 15.4. The second-order valence-electron chi connectivity index (χ2n) is 5.54. The molecule has 1 unspecified atom stereocenters. The highest BCUT2D eigenvalue weighted by atomic mass is 19.4. The SMILES string of the molecule is CC(COC(=O)C(F)(F)C(F)(F)F)CC(C)(C)C. The third kappa shape index (κ3) is 5.18. The van der Waals surface area contributed by atoms with Crippen molar-refractivity contribution in [1.29, 1.82) is 0 Å². The van der Waals surface area contributed by atoms with Gasteiger partial charge in [-0.25, -0.2) is 4.79 Å². The van der Waals surface area contributed by atoms with E-state index in [1.807, 2.05) is 20.8 Å². The number of ether oxygens (including phenoxy) is 1. The van der Waals surface area contributed by atoms with Crippen LogP contribution in [0.4, 0.5) is 22.0 Å². The Morgan fingerprint density at radius 2 is 1.56 bits per heavy atom. The Hall–Kier alpha value is -0.880. The quantitative estimate of drug-likeness (QED) is 0.576. The molecule has 2 nitrogen and oxygen atoms in total. The molecule has 0 saturated heterocycles. The van der Waals surface area contributed by atoms with Crippen LogP contribution < -0.4 is 0 Å². The number of hydrogen-bond acceptors (Lipinski definition) is 2. The van der Waals surface area contributed by atoms with Gasteiger partial charge in [-0.05, 0) is 17.8 Å². The Labute approximate surface area is 102 Å². The van der Waals surface area contributed by atoms with E-state index in [9.17, 15) is 26.7 Å². The average Bonchev–Trinajstić information content (AvgIpc) is 2.09. The monoisotopic (exact) mass is 276 g/mol. The minimum atomic E-state index is -5.92. The molecule has 0 fully saturated rings. The highest BCUT2D eigenvalue weighted by Crippen LogP contribution is 2.36. The molecule has 0 aromatic carbocycles. The van der Waals surface area contributed by atoms with Crippen LogP contribution in [0.25, 0.3) is 0 Å². The molecule has 0 aromatic heterocycles. The first-order valence-corrected chi connectivity index (χ1v) is 5.39. The molecule has 0 aromatic rings. The lowest BCUT2D eigenvalue weighted by Gasteiger charge is -2.24. The van der Waals surface area contributed by atoms with Crippen LogP contribution in [0, 0.1) is 11.3 Å². The van der Waals surface area contributed by atoms with E-state index in [1.54, 1.807) is 6.92 Å². The summed E-state index contributed by atoms with van der Waals surface area (Å²) in [7, 11) is 0. The summed E-state index contributed by atoms with van der Waals surface area (Å²) in [4.78, 5) is 10.7. The average molecular weight is 276 g/mol. The van der Waals surface area contributed by atoms with Crippen molar-refractivity contribution in [3.05, 3.63) is 0 Å². The zero-order valence-corrected chi connectivity index (χ0v) is 10.7. The Bertz CT molecular complexity index is 291. The van der Waals surface area contributed by atoms with E-state index < -0.39 is 24.7 Å². The summed E-state index contributed by atoms with van der Waals surface area (Å²) in [6.45, 7) is 6.81. The van der Waals surface area contributed by atoms with Gasteiger partial charge in [0.1, 0.15) is 0 Å². The van der Waals surface area contributed by atoms with Gasteiger partial charge in [0.2, 0.25) is 0 Å². The van der Waals surface area contributed by atoms with Crippen LogP contribution in [-0.4, -0.2) is 24.7 Å². The molecule has 0 radical (unpaired) electrons. The summed E-state index contributed by atoms with van der Waals surface area (Å²) in [5.74, 6) is -8.29. The maximum Gasteiger partial charge on any atom is 0.465 e. The van der Waals surface area contributed by atoms with Crippen LogP contribution >= 0.6 is 0 Å². The fraction of sp³-hybridized carbons (Fsp3) is 0.909. The molecule has 0 aliphatic carbocycles. The van der Waals surface area contributed by atoms with E-state index in [0.717, 1.165) is 0 Å². The van der Waals surface area contributed by atoms with Crippen molar-refractivity contribution in [3.8, 4) is 0 Å². The fourth-order valence-corrected chi connectivity index (χ4v) is 1.53. The summed E-state index contributed by atoms with van der Waals surface area (Å²) >= 11 is 0. The maximum absolute atomic E-state index is 12.5. The molecule has 18 heavy (non-hydrogen) atoms. The van der Waals surface area contributed by atoms with Crippen molar-refractivity contribution in [1.82, 2.24) is 0 Å². The first-order chi connectivity index (χ1) is 7.77. The lowest BCUT2D eigenvalue weighted by molar-refractivity contribution is -0.280. The highest BCUT2D eigenvalue weighted by Gasteiger charge is 2.64. The molecule has 0 bridgehead atoms. The standard InChI is InChI=1S/C11H17F5O2/c1-7(5-9(2,3)4)6-18-8(17)10(12,13)11(14,15)16/h7H,5-6H2,1-4H3. The minimum Gasteiger partial charge on any atom is -0.461 e. The van der Waals surface area contributed by atoms with Gasteiger partial charge in [-0.2, -0.15) is 22.0 Å². The van der Waals surface area contributed by atoms with E-state index in [1.165, 1.54) is 0 Å². The molecule has 0 aliphatic heterocycles. The topological polar surface area (TPSA) is 26.3 Å². The number of carbonyl (C=O) groups is 1. The number of esters is 1. The van der Waals surface area contributed by atoms with Crippen LogP contribution in [0.3, 0.4) is 0 Å². The van der Waals surface area contributed by atoms with E-state index >= 15 is 0 Å². The zero-order chi connectivity index (χ0) is 14.8. The molecule has 0 spiro atoms. The van der Waals surface area contributed by atoms with Crippen molar-refractivity contribution in [2.45, 2.75) is 46.2 Å². The first-order valence-electron chi connectivity index (χ1n) is 5.39. The second kappa shape index (κ2) is 5.40. The Morgan fingerprint density at radius 3 is 1.89 bits per heavy atom. The fourth-order valence-electron chi connectivity index (χ4n) is 1.53. The number of carbonyl (C=O) groups excluding carboxylic acids is 1. The van der Waals surface area contributed by atoms with Gasteiger partial charge in [-0.3, -0.25) is 0 Å².